The number of benzene rings is 1. The first-order chi connectivity index (χ1) is 7.26. The molecule has 1 saturated carbocycles. The zero-order valence-corrected chi connectivity index (χ0v) is 9.32. The van der Waals surface area contributed by atoms with Crippen LogP contribution in [0, 0.1) is 5.41 Å². The Labute approximate surface area is 91.5 Å². The van der Waals surface area contributed by atoms with Gasteiger partial charge in [-0.25, -0.2) is 0 Å². The molecule has 0 saturated heterocycles. The lowest BCUT2D eigenvalue weighted by molar-refractivity contribution is 0.0524. The van der Waals surface area contributed by atoms with Crippen LogP contribution >= 0.6 is 0 Å². The minimum atomic E-state index is 0.171. The molecule has 0 spiro atoms. The summed E-state index contributed by atoms with van der Waals surface area (Å²) in [6, 6.07) is 10.4. The molecule has 2 rings (SSSR count). The van der Waals surface area contributed by atoms with Crippen molar-refractivity contribution in [1.29, 1.82) is 0 Å². The Balaban J connectivity index is 2.00. The van der Waals surface area contributed by atoms with Crippen molar-refractivity contribution in [3.63, 3.8) is 0 Å². The Bertz CT molecular complexity index is 300. The highest BCUT2D eigenvalue weighted by Crippen LogP contribution is 2.41. The predicted octanol–water partition coefficient (Wildman–Crippen LogP) is 2.29. The van der Waals surface area contributed by atoms with Crippen LogP contribution in [0.15, 0.2) is 30.3 Å². The van der Waals surface area contributed by atoms with Crippen LogP contribution in [0.4, 0.5) is 5.69 Å². The third-order valence-electron chi connectivity index (χ3n) is 3.52. The molecule has 0 heterocycles. The van der Waals surface area contributed by atoms with Gasteiger partial charge in [0.1, 0.15) is 0 Å². The summed E-state index contributed by atoms with van der Waals surface area (Å²) >= 11 is 0. The SMILES string of the molecule is CN(CC1(CO)CCC1)c1ccccc1. The Morgan fingerprint density at radius 3 is 2.40 bits per heavy atom. The summed E-state index contributed by atoms with van der Waals surface area (Å²) in [5.41, 5.74) is 1.40. The summed E-state index contributed by atoms with van der Waals surface area (Å²) in [7, 11) is 2.10. The maximum atomic E-state index is 9.41. The fourth-order valence-corrected chi connectivity index (χ4v) is 2.32. The van der Waals surface area contributed by atoms with E-state index in [0.29, 0.717) is 6.61 Å². The van der Waals surface area contributed by atoms with Crippen molar-refractivity contribution >= 4 is 5.69 Å². The highest BCUT2D eigenvalue weighted by Gasteiger charge is 2.37. The molecule has 82 valence electrons. The molecule has 1 N–H and O–H groups in total. The molecule has 1 aliphatic rings. The molecule has 2 heteroatoms. The second-order valence-corrected chi connectivity index (χ2v) is 4.70. The molecule has 1 fully saturated rings. The molecule has 0 bridgehead atoms. The highest BCUT2D eigenvalue weighted by atomic mass is 16.3. The number of hydrogen-bond acceptors (Lipinski definition) is 2. The van der Waals surface area contributed by atoms with Gasteiger partial charge in [-0.3, -0.25) is 0 Å². The molecule has 2 nitrogen and oxygen atoms in total. The average molecular weight is 205 g/mol. The first-order valence-corrected chi connectivity index (χ1v) is 5.63. The van der Waals surface area contributed by atoms with Crippen LogP contribution in [0.3, 0.4) is 0 Å². The summed E-state index contributed by atoms with van der Waals surface area (Å²) < 4.78 is 0. The van der Waals surface area contributed by atoms with Gasteiger partial charge in [-0.2, -0.15) is 0 Å². The number of aliphatic hydroxyl groups is 1. The number of hydrogen-bond donors (Lipinski definition) is 1. The van der Waals surface area contributed by atoms with Crippen LogP contribution in [-0.2, 0) is 0 Å². The van der Waals surface area contributed by atoms with Crippen LogP contribution in [0.5, 0.6) is 0 Å². The molecule has 0 amide bonds. The van der Waals surface area contributed by atoms with Crippen molar-refractivity contribution in [1.82, 2.24) is 0 Å². The van der Waals surface area contributed by atoms with Crippen molar-refractivity contribution in [2.75, 3.05) is 25.1 Å². The quantitative estimate of drug-likeness (QED) is 0.815. The lowest BCUT2D eigenvalue weighted by atomic mass is 9.69. The van der Waals surface area contributed by atoms with Gasteiger partial charge in [0.2, 0.25) is 0 Å². The lowest BCUT2D eigenvalue weighted by Gasteiger charge is -2.43. The maximum Gasteiger partial charge on any atom is 0.0504 e. The summed E-state index contributed by atoms with van der Waals surface area (Å²) in [6.45, 7) is 1.29. The molecular formula is C13H19NO. The van der Waals surface area contributed by atoms with Gasteiger partial charge in [0.15, 0.2) is 0 Å². The highest BCUT2D eigenvalue weighted by molar-refractivity contribution is 5.45. The van der Waals surface area contributed by atoms with Crippen LogP contribution < -0.4 is 4.90 Å². The van der Waals surface area contributed by atoms with Crippen LogP contribution in [-0.4, -0.2) is 25.3 Å². The van der Waals surface area contributed by atoms with E-state index in [4.69, 9.17) is 0 Å². The first-order valence-electron chi connectivity index (χ1n) is 5.63. The standard InChI is InChI=1S/C13H19NO/c1-14(12-6-3-2-4-7-12)10-13(11-15)8-5-9-13/h2-4,6-7,15H,5,8-11H2,1H3. The Hall–Kier alpha value is -1.02. The molecular weight excluding hydrogens is 186 g/mol. The predicted molar refractivity (Wildman–Crippen MR) is 63.1 cm³/mol. The van der Waals surface area contributed by atoms with Gasteiger partial charge in [0.05, 0.1) is 6.61 Å². The van der Waals surface area contributed by atoms with E-state index in [1.54, 1.807) is 0 Å². The normalized spacial score (nSPS) is 18.3. The van der Waals surface area contributed by atoms with Crippen molar-refractivity contribution in [2.24, 2.45) is 5.41 Å². The summed E-state index contributed by atoms with van der Waals surface area (Å²) in [5.74, 6) is 0. The minimum Gasteiger partial charge on any atom is -0.396 e. The Kier molecular flexibility index (Phi) is 2.96. The molecule has 1 aromatic carbocycles. The summed E-state index contributed by atoms with van der Waals surface area (Å²) in [4.78, 5) is 2.25. The third-order valence-corrected chi connectivity index (χ3v) is 3.52. The first kappa shape index (κ1) is 10.5. The summed E-state index contributed by atoms with van der Waals surface area (Å²) in [5, 5.41) is 9.41. The van der Waals surface area contributed by atoms with Gasteiger partial charge in [-0.15, -0.1) is 0 Å². The van der Waals surface area contributed by atoms with Crippen LogP contribution in [0.25, 0.3) is 0 Å². The van der Waals surface area contributed by atoms with Crippen molar-refractivity contribution in [3.05, 3.63) is 30.3 Å². The summed E-state index contributed by atoms with van der Waals surface area (Å²) in [6.07, 6.45) is 3.60. The molecule has 0 aliphatic heterocycles. The number of nitrogens with zero attached hydrogens (tertiary/aromatic N) is 1. The van der Waals surface area contributed by atoms with Crippen LogP contribution in [0.2, 0.25) is 0 Å². The molecule has 1 aliphatic carbocycles. The van der Waals surface area contributed by atoms with Crippen molar-refractivity contribution in [2.45, 2.75) is 19.3 Å². The topological polar surface area (TPSA) is 23.5 Å². The van der Waals surface area contributed by atoms with E-state index < -0.39 is 0 Å². The van der Waals surface area contributed by atoms with E-state index in [9.17, 15) is 5.11 Å². The number of aliphatic hydroxyl groups excluding tert-OH is 1. The monoisotopic (exact) mass is 205 g/mol. The van der Waals surface area contributed by atoms with E-state index in [2.05, 4.69) is 36.2 Å². The zero-order chi connectivity index (χ0) is 10.7. The van der Waals surface area contributed by atoms with Gasteiger partial charge >= 0.3 is 0 Å². The third kappa shape index (κ3) is 2.15. The van der Waals surface area contributed by atoms with Gasteiger partial charge in [0.25, 0.3) is 0 Å². The number of rotatable bonds is 4. The molecule has 1 aromatic rings. The van der Waals surface area contributed by atoms with Gasteiger partial charge in [0, 0.05) is 24.7 Å². The van der Waals surface area contributed by atoms with Gasteiger partial charge in [-0.05, 0) is 25.0 Å². The maximum absolute atomic E-state index is 9.41. The largest absolute Gasteiger partial charge is 0.396 e. The minimum absolute atomic E-state index is 0.171. The van der Waals surface area contributed by atoms with E-state index in [0.717, 1.165) is 6.54 Å². The number of anilines is 1. The second kappa shape index (κ2) is 4.23. The fourth-order valence-electron chi connectivity index (χ4n) is 2.32. The molecule has 0 radical (unpaired) electrons. The van der Waals surface area contributed by atoms with E-state index in [1.807, 2.05) is 6.07 Å². The van der Waals surface area contributed by atoms with E-state index >= 15 is 0 Å². The van der Waals surface area contributed by atoms with Crippen LogP contribution in [0.1, 0.15) is 19.3 Å². The molecule has 0 aromatic heterocycles. The molecule has 0 atom stereocenters. The Morgan fingerprint density at radius 1 is 1.27 bits per heavy atom. The van der Waals surface area contributed by atoms with Gasteiger partial charge in [-0.1, -0.05) is 24.6 Å². The Morgan fingerprint density at radius 2 is 1.93 bits per heavy atom. The average Bonchev–Trinajstić information content (AvgIpc) is 2.24. The van der Waals surface area contributed by atoms with E-state index in [1.165, 1.54) is 24.9 Å². The zero-order valence-electron chi connectivity index (χ0n) is 9.32. The van der Waals surface area contributed by atoms with E-state index in [-0.39, 0.29) is 5.41 Å². The lowest BCUT2D eigenvalue weighted by Crippen LogP contribution is -2.43. The second-order valence-electron chi connectivity index (χ2n) is 4.70. The van der Waals surface area contributed by atoms with Crippen molar-refractivity contribution in [3.8, 4) is 0 Å². The van der Waals surface area contributed by atoms with Crippen molar-refractivity contribution < 1.29 is 5.11 Å². The smallest absolute Gasteiger partial charge is 0.0504 e. The number of para-hydroxylation sites is 1. The molecule has 15 heavy (non-hydrogen) atoms. The molecule has 0 unspecified atom stereocenters. The van der Waals surface area contributed by atoms with Gasteiger partial charge < -0.3 is 10.0 Å². The fraction of sp³-hybridized carbons (Fsp3) is 0.538.